The largest absolute Gasteiger partial charge is 0.416 e. The molecule has 1 aliphatic heterocycles. The summed E-state index contributed by atoms with van der Waals surface area (Å²) < 4.78 is 50.3. The van der Waals surface area contributed by atoms with E-state index >= 15 is 0 Å². The van der Waals surface area contributed by atoms with Crippen molar-refractivity contribution in [2.75, 3.05) is 24.2 Å². The lowest BCUT2D eigenvalue weighted by atomic mass is 9.92. The highest BCUT2D eigenvalue weighted by molar-refractivity contribution is 7.20. The summed E-state index contributed by atoms with van der Waals surface area (Å²) in [4.78, 5) is 27.3. The van der Waals surface area contributed by atoms with Gasteiger partial charge in [0, 0.05) is 34.7 Å². The number of nitrogen functional groups attached to an aromatic ring is 1. The molecule has 0 unspecified atom stereocenters. The smallest absolute Gasteiger partial charge is 0.394 e. The van der Waals surface area contributed by atoms with Crippen molar-refractivity contribution in [2.45, 2.75) is 56.5 Å². The third kappa shape index (κ3) is 8.04. The highest BCUT2D eigenvalue weighted by Crippen LogP contribution is 2.47. The number of nitrogens with zero attached hydrogens (tertiary/aromatic N) is 7. The molecule has 8 rings (SSSR count). The van der Waals surface area contributed by atoms with Crippen molar-refractivity contribution in [2.24, 2.45) is 0 Å². The van der Waals surface area contributed by atoms with E-state index in [2.05, 4.69) is 30.6 Å². The van der Waals surface area contributed by atoms with Crippen molar-refractivity contribution >= 4 is 39.1 Å². The molecule has 18 heteroatoms. The van der Waals surface area contributed by atoms with Crippen LogP contribution in [0.15, 0.2) is 97.7 Å². The number of aryl methyl sites for hydroxylation is 1. The molecule has 304 valence electrons. The molecular formula is C41H38F3N9O5S. The minimum atomic E-state index is -4.57. The number of aromatic nitrogens is 7. The van der Waals surface area contributed by atoms with Gasteiger partial charge in [0.15, 0.2) is 29.0 Å². The van der Waals surface area contributed by atoms with Crippen molar-refractivity contribution in [1.82, 2.24) is 34.5 Å². The zero-order chi connectivity index (χ0) is 41.3. The highest BCUT2D eigenvalue weighted by Gasteiger charge is 2.44. The molecule has 0 amide bonds. The van der Waals surface area contributed by atoms with Crippen LogP contribution in [0.4, 0.5) is 24.0 Å². The molecule has 0 bridgehead atoms. The Morgan fingerprint density at radius 1 is 0.915 bits per heavy atom. The number of aliphatic hydroxyl groups excluding tert-OH is 3. The number of ether oxygens (including phenoxy) is 1. The van der Waals surface area contributed by atoms with Crippen LogP contribution in [0.5, 0.6) is 0 Å². The number of thiophene rings is 1. The minimum absolute atomic E-state index is 0.161. The fourth-order valence-corrected chi connectivity index (χ4v) is 8.22. The van der Waals surface area contributed by atoms with Gasteiger partial charge in [-0.3, -0.25) is 14.0 Å². The van der Waals surface area contributed by atoms with E-state index in [1.165, 1.54) is 23.3 Å². The van der Waals surface area contributed by atoms with Crippen LogP contribution in [0.3, 0.4) is 0 Å². The van der Waals surface area contributed by atoms with Gasteiger partial charge in [-0.05, 0) is 42.5 Å². The Morgan fingerprint density at radius 2 is 1.69 bits per heavy atom. The van der Waals surface area contributed by atoms with Crippen LogP contribution in [0.25, 0.3) is 44.0 Å². The first-order valence-corrected chi connectivity index (χ1v) is 19.6. The molecule has 14 nitrogen and oxygen atoms in total. The lowest BCUT2D eigenvalue weighted by Gasteiger charge is -2.16. The molecule has 4 aromatic heterocycles. The second-order valence-electron chi connectivity index (χ2n) is 14.0. The Morgan fingerprint density at radius 3 is 2.44 bits per heavy atom. The summed E-state index contributed by atoms with van der Waals surface area (Å²) in [5, 5.41) is 42.2. The second kappa shape index (κ2) is 16.7. The van der Waals surface area contributed by atoms with Gasteiger partial charge in [0.05, 0.1) is 35.3 Å². The molecule has 1 fully saturated rings. The molecule has 0 saturated carbocycles. The molecule has 0 spiro atoms. The Bertz CT molecular complexity index is 2580. The number of aliphatic hydroxyl groups is 3. The third-order valence-electron chi connectivity index (χ3n) is 10.2. The molecule has 4 atom stereocenters. The number of carbonyl (C=O) groups excluding carboxylic acids is 1. The van der Waals surface area contributed by atoms with Crippen LogP contribution < -0.4 is 11.1 Å². The Balaban J connectivity index is 0.908. The summed E-state index contributed by atoms with van der Waals surface area (Å²) >= 11 is 1.15. The summed E-state index contributed by atoms with van der Waals surface area (Å²) in [5.74, 6) is 0.139. The topological polar surface area (TPSA) is 199 Å². The molecule has 59 heavy (non-hydrogen) atoms. The Labute approximate surface area is 338 Å². The van der Waals surface area contributed by atoms with Crippen molar-refractivity contribution in [3.05, 3.63) is 114 Å². The normalized spacial score (nSPS) is 18.1. The molecule has 0 radical (unpaired) electrons. The summed E-state index contributed by atoms with van der Waals surface area (Å²) in [7, 11) is 0. The number of alkyl halides is 3. The standard InChI is InChI=1S/C41H38F3N9O5S/c42-41(43,44)27-11-7-10-26(18-27)30-31(33(55)24-8-3-1-4-9-24)37(45)59-36(30)25-14-12-23(13-15-25)28-19-52(51-50-28)17-6-2-5-16-46-38-32-39(48-21-47-38)53(22-49-32)40-35(57)34(56)29(20-54)58-40/h1,3-4,7-15,18-19,21-22,29,34-35,40,54,56-57H,2,5-6,16-17,20,45H2,(H,46,47,48)/t29-,34-,35-,40-/m1/s1. The zero-order valence-corrected chi connectivity index (χ0v) is 32.0. The average molecular weight is 826 g/mol. The Hall–Kier alpha value is -6.05. The first kappa shape index (κ1) is 39.8. The second-order valence-corrected chi connectivity index (χ2v) is 15.1. The van der Waals surface area contributed by atoms with E-state index < -0.39 is 42.9 Å². The first-order chi connectivity index (χ1) is 28.5. The number of fused-ring (bicyclic) bond motifs is 1. The number of halogens is 3. The third-order valence-corrected chi connectivity index (χ3v) is 11.2. The van der Waals surface area contributed by atoms with Crippen LogP contribution in [0.2, 0.25) is 0 Å². The van der Waals surface area contributed by atoms with E-state index in [-0.39, 0.29) is 21.9 Å². The number of anilines is 2. The van der Waals surface area contributed by atoms with Gasteiger partial charge in [-0.1, -0.05) is 71.9 Å². The van der Waals surface area contributed by atoms with Gasteiger partial charge in [-0.15, -0.1) is 16.4 Å². The number of ketones is 1. The number of nitrogens with two attached hydrogens (primary N) is 1. The van der Waals surface area contributed by atoms with E-state index in [0.717, 1.165) is 48.3 Å². The molecule has 6 N–H and O–H groups in total. The summed E-state index contributed by atoms with van der Waals surface area (Å²) in [6.07, 6.45) is -1.77. The van der Waals surface area contributed by atoms with Gasteiger partial charge >= 0.3 is 6.18 Å². The van der Waals surface area contributed by atoms with Crippen LogP contribution in [0, 0.1) is 0 Å². The van der Waals surface area contributed by atoms with E-state index in [4.69, 9.17) is 10.5 Å². The van der Waals surface area contributed by atoms with E-state index in [0.29, 0.717) is 57.3 Å². The fourth-order valence-electron chi connectivity index (χ4n) is 7.13. The van der Waals surface area contributed by atoms with Crippen molar-refractivity contribution in [3.8, 4) is 32.8 Å². The quantitative estimate of drug-likeness (QED) is 0.0615. The van der Waals surface area contributed by atoms with Gasteiger partial charge in [0.25, 0.3) is 0 Å². The van der Waals surface area contributed by atoms with Crippen LogP contribution >= 0.6 is 11.3 Å². The predicted molar refractivity (Wildman–Crippen MR) is 214 cm³/mol. The predicted octanol–water partition coefficient (Wildman–Crippen LogP) is 6.21. The molecule has 1 saturated heterocycles. The maximum atomic E-state index is 13.8. The van der Waals surface area contributed by atoms with Crippen molar-refractivity contribution in [3.63, 3.8) is 0 Å². The number of unbranched alkanes of at least 4 members (excludes halogenated alkanes) is 2. The first-order valence-electron chi connectivity index (χ1n) is 18.8. The highest BCUT2D eigenvalue weighted by atomic mass is 32.1. The van der Waals surface area contributed by atoms with Crippen LogP contribution in [0.1, 0.15) is 47.0 Å². The molecule has 0 aliphatic carbocycles. The monoisotopic (exact) mass is 825 g/mol. The molecule has 7 aromatic rings. The SMILES string of the molecule is Nc1sc(-c2ccc(-c3cn(CCCCCNc4ncnc5c4ncn5[C@@H]4O[C@H](CO)[C@@H](O)[C@H]4O)nn3)cc2)c(-c2cccc(C(F)(F)F)c2)c1C(=O)c1ccccc1. The number of hydrogen-bond donors (Lipinski definition) is 5. The lowest BCUT2D eigenvalue weighted by molar-refractivity contribution is -0.137. The lowest BCUT2D eigenvalue weighted by Crippen LogP contribution is -2.33. The molecule has 3 aromatic carbocycles. The average Bonchev–Trinajstić information content (AvgIpc) is 4.04. The summed E-state index contributed by atoms with van der Waals surface area (Å²) in [6, 6.07) is 20.8. The van der Waals surface area contributed by atoms with Crippen molar-refractivity contribution in [1.29, 1.82) is 0 Å². The summed E-state index contributed by atoms with van der Waals surface area (Å²) in [6.45, 7) is 0.796. The van der Waals surface area contributed by atoms with Gasteiger partial charge in [-0.25, -0.2) is 15.0 Å². The summed E-state index contributed by atoms with van der Waals surface area (Å²) in [5.41, 5.74) is 9.76. The van der Waals surface area contributed by atoms with E-state index in [1.54, 1.807) is 41.1 Å². The van der Waals surface area contributed by atoms with Gasteiger partial charge in [-0.2, -0.15) is 13.2 Å². The van der Waals surface area contributed by atoms with E-state index in [9.17, 15) is 33.3 Å². The molecule has 5 heterocycles. The minimum Gasteiger partial charge on any atom is -0.394 e. The van der Waals surface area contributed by atoms with Crippen molar-refractivity contribution < 1.29 is 38.0 Å². The maximum absolute atomic E-state index is 13.8. The fraction of sp³-hybridized carbons (Fsp3) is 0.268. The van der Waals surface area contributed by atoms with Gasteiger partial charge < -0.3 is 31.1 Å². The number of benzene rings is 3. The number of carbonyl (C=O) groups is 1. The van der Waals surface area contributed by atoms with Gasteiger partial charge in [0.1, 0.15) is 30.3 Å². The Kier molecular flexibility index (Phi) is 11.2. The van der Waals surface area contributed by atoms with Gasteiger partial charge in [0.2, 0.25) is 0 Å². The number of nitrogens with one attached hydrogen (secondary N) is 1. The molecular weight excluding hydrogens is 788 g/mol. The number of rotatable bonds is 14. The number of hydrogen-bond acceptors (Lipinski definition) is 13. The van der Waals surface area contributed by atoms with Crippen LogP contribution in [-0.2, 0) is 17.5 Å². The number of imidazole rings is 1. The molecule has 1 aliphatic rings. The zero-order valence-electron chi connectivity index (χ0n) is 31.2. The van der Waals surface area contributed by atoms with E-state index in [1.807, 2.05) is 30.5 Å². The van der Waals surface area contributed by atoms with Crippen LogP contribution in [-0.4, -0.2) is 87.1 Å². The maximum Gasteiger partial charge on any atom is 0.416 e.